The van der Waals surface area contributed by atoms with Crippen LogP contribution in [0.2, 0.25) is 6.32 Å². The number of hydrogen-bond acceptors (Lipinski definition) is 0. The second kappa shape index (κ2) is 5.15. The van der Waals surface area contributed by atoms with E-state index in [-0.39, 0.29) is 0 Å². The highest BCUT2D eigenvalue weighted by molar-refractivity contribution is 6.08. The molecule has 0 aromatic carbocycles. The van der Waals surface area contributed by atoms with Crippen molar-refractivity contribution < 1.29 is 0 Å². The van der Waals surface area contributed by atoms with Crippen LogP contribution in [0, 0.1) is 63.6 Å². The van der Waals surface area contributed by atoms with Crippen LogP contribution in [0.4, 0.5) is 0 Å². The summed E-state index contributed by atoms with van der Waals surface area (Å²) in [7, 11) is 6.17. The van der Waals surface area contributed by atoms with Crippen LogP contribution in [0.5, 0.6) is 0 Å². The average molecular weight is 350 g/mol. The van der Waals surface area contributed by atoms with Crippen molar-refractivity contribution in [2.75, 3.05) is 0 Å². The summed E-state index contributed by atoms with van der Waals surface area (Å²) in [6.07, 6.45) is 16.5. The molecule has 2 spiro atoms. The van der Waals surface area contributed by atoms with Crippen LogP contribution in [-0.4, -0.2) is 7.85 Å². The first-order chi connectivity index (χ1) is 12.5. The summed E-state index contributed by atoms with van der Waals surface area (Å²) in [5.74, 6) is 8.35. The molecule has 11 atom stereocenters. The van der Waals surface area contributed by atoms with Gasteiger partial charge in [0.25, 0.3) is 0 Å². The van der Waals surface area contributed by atoms with Gasteiger partial charge >= 0.3 is 0 Å². The van der Waals surface area contributed by atoms with E-state index in [0.29, 0.717) is 5.41 Å². The van der Waals surface area contributed by atoms with Crippen molar-refractivity contribution in [3.8, 4) is 0 Å². The normalized spacial score (nSPS) is 62.5. The molecular weight excluding hydrogens is 311 g/mol. The van der Waals surface area contributed by atoms with E-state index in [4.69, 9.17) is 7.85 Å². The summed E-state index contributed by atoms with van der Waals surface area (Å²) in [6.45, 7) is 7.59. The van der Waals surface area contributed by atoms with E-state index in [9.17, 15) is 0 Å². The molecule has 1 heteroatoms. The van der Waals surface area contributed by atoms with Gasteiger partial charge < -0.3 is 0 Å². The Morgan fingerprint density at radius 2 is 1.85 bits per heavy atom. The lowest BCUT2D eigenvalue weighted by Crippen LogP contribution is -2.64. The van der Waals surface area contributed by atoms with Gasteiger partial charge in [-0.3, -0.25) is 0 Å². The molecule has 6 aliphatic rings. The van der Waals surface area contributed by atoms with E-state index < -0.39 is 0 Å². The first-order valence-corrected chi connectivity index (χ1v) is 12.2. The van der Waals surface area contributed by atoms with Crippen molar-refractivity contribution in [1.82, 2.24) is 0 Å². The van der Waals surface area contributed by atoms with Gasteiger partial charge in [0.15, 0.2) is 0 Å². The van der Waals surface area contributed by atoms with Crippen LogP contribution >= 0.6 is 0 Å². The minimum absolute atomic E-state index is 0.633. The Morgan fingerprint density at radius 1 is 1.04 bits per heavy atom. The third kappa shape index (κ3) is 1.61. The van der Waals surface area contributed by atoms with E-state index in [2.05, 4.69) is 20.8 Å². The Labute approximate surface area is 163 Å². The van der Waals surface area contributed by atoms with Gasteiger partial charge in [-0.15, -0.1) is 0 Å². The molecule has 2 radical (unpaired) electrons. The van der Waals surface area contributed by atoms with Crippen LogP contribution in [0.3, 0.4) is 0 Å². The van der Waals surface area contributed by atoms with Crippen LogP contribution in [0.25, 0.3) is 0 Å². The van der Waals surface area contributed by atoms with Crippen LogP contribution < -0.4 is 0 Å². The van der Waals surface area contributed by atoms with Gasteiger partial charge in [-0.1, -0.05) is 46.4 Å². The fourth-order valence-electron chi connectivity index (χ4n) is 11.4. The van der Waals surface area contributed by atoms with E-state index in [1.165, 1.54) is 25.7 Å². The minimum Gasteiger partial charge on any atom is -0.0859 e. The first-order valence-electron chi connectivity index (χ1n) is 12.2. The maximum atomic E-state index is 6.17. The molecular formula is C25H39B. The Bertz CT molecular complexity index is 613. The first kappa shape index (κ1) is 17.0. The molecule has 0 N–H and O–H groups in total. The maximum Gasteiger partial charge on any atom is 0.0656 e. The van der Waals surface area contributed by atoms with Gasteiger partial charge in [0.05, 0.1) is 7.85 Å². The second-order valence-electron chi connectivity index (χ2n) is 12.2. The zero-order valence-electron chi connectivity index (χ0n) is 17.5. The second-order valence-corrected chi connectivity index (χ2v) is 12.2. The van der Waals surface area contributed by atoms with Gasteiger partial charge in [0, 0.05) is 0 Å². The Balaban J connectivity index is 1.35. The molecule has 0 amide bonds. The predicted molar refractivity (Wildman–Crippen MR) is 109 cm³/mol. The molecule has 0 saturated heterocycles. The molecule has 0 aromatic heterocycles. The summed E-state index contributed by atoms with van der Waals surface area (Å²) in [4.78, 5) is 0. The number of fused-ring (bicyclic) bond motifs is 1. The summed E-state index contributed by atoms with van der Waals surface area (Å²) in [6, 6.07) is 0. The molecule has 26 heavy (non-hydrogen) atoms. The zero-order chi connectivity index (χ0) is 17.9. The van der Waals surface area contributed by atoms with Gasteiger partial charge in [-0.05, 0) is 109 Å². The lowest BCUT2D eigenvalue weighted by molar-refractivity contribution is -0.218. The highest BCUT2D eigenvalue weighted by Crippen LogP contribution is 2.96. The molecule has 6 aliphatic carbocycles. The topological polar surface area (TPSA) is 0 Å². The molecule has 0 aromatic rings. The standard InChI is InChI=1S/C25H39B/c1-4-5-16-6-7-19-17-10-11-23(3)18(15(2)13-26)8-9-20-22(23)21(17)25(20)14-24(19,25)12-16/h15-22H,4-14H2,1-3H3/t15-,16-,17?,18?,19+,20?,21?,22?,23+,24?,25?/m0/s1. The summed E-state index contributed by atoms with van der Waals surface area (Å²) in [5.41, 5.74) is 2.34. The molecule has 6 saturated carbocycles. The smallest absolute Gasteiger partial charge is 0.0656 e. The molecule has 7 unspecified atom stereocenters. The fraction of sp³-hybridized carbons (Fsp3) is 1.00. The number of rotatable bonds is 4. The molecule has 6 rings (SSSR count). The molecule has 0 aliphatic heterocycles. The van der Waals surface area contributed by atoms with Gasteiger partial charge in [-0.2, -0.15) is 0 Å². The Kier molecular flexibility index (Phi) is 3.36. The SMILES string of the molecule is [B]C[C@H](C)C1CCC2C3C4C(CC[C@@]31C)[C@H]1CC[C@H](CCC)CC13CC243. The van der Waals surface area contributed by atoms with Crippen molar-refractivity contribution >= 4 is 7.85 Å². The third-order valence-electron chi connectivity index (χ3n) is 11.9. The highest BCUT2D eigenvalue weighted by Gasteiger charge is 2.91. The number of hydrogen-bond donors (Lipinski definition) is 0. The molecule has 6 fully saturated rings. The predicted octanol–water partition coefficient (Wildman–Crippen LogP) is 6.50. The van der Waals surface area contributed by atoms with E-state index >= 15 is 0 Å². The third-order valence-corrected chi connectivity index (χ3v) is 11.9. The zero-order valence-corrected chi connectivity index (χ0v) is 17.5. The lowest BCUT2D eigenvalue weighted by atomic mass is 9.35. The van der Waals surface area contributed by atoms with Crippen LogP contribution in [-0.2, 0) is 0 Å². The highest BCUT2D eigenvalue weighted by atomic mass is 14.9. The maximum absolute atomic E-state index is 6.17. The largest absolute Gasteiger partial charge is 0.0859 e. The molecule has 0 heterocycles. The van der Waals surface area contributed by atoms with Crippen molar-refractivity contribution in [1.29, 1.82) is 0 Å². The van der Waals surface area contributed by atoms with Crippen molar-refractivity contribution in [3.05, 3.63) is 0 Å². The van der Waals surface area contributed by atoms with Crippen molar-refractivity contribution in [2.45, 2.75) is 91.3 Å². The fourth-order valence-corrected chi connectivity index (χ4v) is 11.4. The van der Waals surface area contributed by atoms with Gasteiger partial charge in [0.1, 0.15) is 0 Å². The summed E-state index contributed by atoms with van der Waals surface area (Å²) >= 11 is 0. The van der Waals surface area contributed by atoms with Gasteiger partial charge in [-0.25, -0.2) is 0 Å². The lowest BCUT2D eigenvalue weighted by Gasteiger charge is -2.70. The van der Waals surface area contributed by atoms with E-state index in [1.54, 1.807) is 38.5 Å². The van der Waals surface area contributed by atoms with Crippen molar-refractivity contribution in [2.24, 2.45) is 63.6 Å². The average Bonchev–Trinajstić information content (AvgIpc) is 3.25. The summed E-state index contributed by atoms with van der Waals surface area (Å²) < 4.78 is 0. The molecule has 0 nitrogen and oxygen atoms in total. The Morgan fingerprint density at radius 3 is 2.62 bits per heavy atom. The quantitative estimate of drug-likeness (QED) is 0.507. The van der Waals surface area contributed by atoms with Crippen LogP contribution in [0.1, 0.15) is 85.0 Å². The molecule has 142 valence electrons. The van der Waals surface area contributed by atoms with Gasteiger partial charge in [0.2, 0.25) is 0 Å². The van der Waals surface area contributed by atoms with Crippen molar-refractivity contribution in [3.63, 3.8) is 0 Å². The van der Waals surface area contributed by atoms with Crippen LogP contribution in [0.15, 0.2) is 0 Å². The van der Waals surface area contributed by atoms with E-state index in [1.807, 2.05) is 0 Å². The summed E-state index contributed by atoms with van der Waals surface area (Å²) in [5, 5.41) is 0. The van der Waals surface area contributed by atoms with E-state index in [0.717, 1.165) is 64.5 Å². The Hall–Kier alpha value is 0.0649. The minimum atomic E-state index is 0.633. The molecule has 0 bridgehead atoms. The monoisotopic (exact) mass is 350 g/mol.